The summed E-state index contributed by atoms with van der Waals surface area (Å²) in [6, 6.07) is 7.56. The first kappa shape index (κ1) is 19.2. The van der Waals surface area contributed by atoms with Crippen molar-refractivity contribution < 1.29 is 9.53 Å². The minimum atomic E-state index is -0.0710. The molecule has 1 N–H and O–H groups in total. The molecule has 0 aliphatic carbocycles. The average molecular weight is 397 g/mol. The van der Waals surface area contributed by atoms with Gasteiger partial charge in [0.25, 0.3) is 0 Å². The lowest BCUT2D eigenvalue weighted by molar-refractivity contribution is -0.123. The Bertz CT molecular complexity index is 765. The van der Waals surface area contributed by atoms with Gasteiger partial charge in [-0.3, -0.25) is 14.4 Å². The molecule has 0 radical (unpaired) electrons. The van der Waals surface area contributed by atoms with Crippen molar-refractivity contribution in [2.75, 3.05) is 26.2 Å². The third-order valence-corrected chi connectivity index (χ3v) is 4.96. The van der Waals surface area contributed by atoms with Crippen LogP contribution in [-0.4, -0.2) is 52.9 Å². The fourth-order valence-corrected chi connectivity index (χ4v) is 3.25. The van der Waals surface area contributed by atoms with Crippen LogP contribution in [0.4, 0.5) is 0 Å². The summed E-state index contributed by atoms with van der Waals surface area (Å²) in [5.41, 5.74) is 2.00. The minimum absolute atomic E-state index is 0.0326. The highest BCUT2D eigenvalue weighted by atomic mass is 35.5. The van der Waals surface area contributed by atoms with E-state index in [9.17, 15) is 4.79 Å². The number of carbonyl (C=O) groups excluding carboxylic acids is 1. The predicted octanol–water partition coefficient (Wildman–Crippen LogP) is 2.52. The molecule has 26 heavy (non-hydrogen) atoms. The van der Waals surface area contributed by atoms with E-state index in [0.717, 1.165) is 30.9 Å². The number of aryl methyl sites for hydroxylation is 1. The molecule has 1 aliphatic rings. The summed E-state index contributed by atoms with van der Waals surface area (Å²) in [4.78, 5) is 14.3. The fourth-order valence-electron chi connectivity index (χ4n) is 2.93. The van der Waals surface area contributed by atoms with Gasteiger partial charge in [-0.15, -0.1) is 0 Å². The molecular formula is C18H22Cl2N4O2. The van der Waals surface area contributed by atoms with Gasteiger partial charge in [0.2, 0.25) is 5.91 Å². The number of nitrogens with one attached hydrogen (secondary N) is 1. The van der Waals surface area contributed by atoms with Crippen LogP contribution in [0.5, 0.6) is 0 Å². The van der Waals surface area contributed by atoms with Crippen LogP contribution in [0.2, 0.25) is 10.0 Å². The molecule has 0 bridgehead atoms. The average Bonchev–Trinajstić information content (AvgIpc) is 3.01. The zero-order valence-corrected chi connectivity index (χ0v) is 16.1. The van der Waals surface area contributed by atoms with Gasteiger partial charge in [-0.05, 0) is 30.7 Å². The Balaban J connectivity index is 1.45. The van der Waals surface area contributed by atoms with E-state index in [-0.39, 0.29) is 18.6 Å². The van der Waals surface area contributed by atoms with Gasteiger partial charge < -0.3 is 10.1 Å². The Kier molecular flexibility index (Phi) is 6.53. The van der Waals surface area contributed by atoms with Crippen molar-refractivity contribution in [3.63, 3.8) is 0 Å². The second kappa shape index (κ2) is 8.86. The molecule has 0 unspecified atom stereocenters. The van der Waals surface area contributed by atoms with E-state index < -0.39 is 0 Å². The molecule has 3 rings (SSSR count). The van der Waals surface area contributed by atoms with Gasteiger partial charge in [0.05, 0.1) is 28.5 Å². The van der Waals surface area contributed by atoms with Crippen molar-refractivity contribution in [2.24, 2.45) is 0 Å². The Morgan fingerprint density at radius 1 is 1.35 bits per heavy atom. The summed E-state index contributed by atoms with van der Waals surface area (Å²) in [6.07, 6.45) is 1.76. The van der Waals surface area contributed by atoms with Gasteiger partial charge >= 0.3 is 0 Å². The van der Waals surface area contributed by atoms with Crippen LogP contribution in [0.1, 0.15) is 11.3 Å². The summed E-state index contributed by atoms with van der Waals surface area (Å²) in [6.45, 7) is 5.60. The van der Waals surface area contributed by atoms with E-state index in [2.05, 4.69) is 15.3 Å². The van der Waals surface area contributed by atoms with Gasteiger partial charge in [0.15, 0.2) is 0 Å². The summed E-state index contributed by atoms with van der Waals surface area (Å²) in [7, 11) is 0. The van der Waals surface area contributed by atoms with E-state index in [1.165, 1.54) is 0 Å². The van der Waals surface area contributed by atoms with E-state index in [0.29, 0.717) is 23.2 Å². The molecule has 1 amide bonds. The van der Waals surface area contributed by atoms with E-state index in [4.69, 9.17) is 27.9 Å². The summed E-state index contributed by atoms with van der Waals surface area (Å²) < 4.78 is 7.40. The molecule has 1 aromatic heterocycles. The first-order valence-corrected chi connectivity index (χ1v) is 9.30. The third kappa shape index (κ3) is 5.45. The molecule has 1 fully saturated rings. The van der Waals surface area contributed by atoms with Crippen LogP contribution < -0.4 is 5.32 Å². The van der Waals surface area contributed by atoms with Crippen molar-refractivity contribution in [1.82, 2.24) is 20.0 Å². The lowest BCUT2D eigenvalue weighted by Gasteiger charge is -2.33. The number of hydrogen-bond acceptors (Lipinski definition) is 4. The molecule has 1 aliphatic heterocycles. The number of rotatable bonds is 6. The van der Waals surface area contributed by atoms with Gasteiger partial charge in [-0.2, -0.15) is 5.10 Å². The number of nitrogens with zero attached hydrogens (tertiary/aromatic N) is 3. The second-order valence-corrected chi connectivity index (χ2v) is 7.25. The highest BCUT2D eigenvalue weighted by molar-refractivity contribution is 6.42. The van der Waals surface area contributed by atoms with Crippen LogP contribution >= 0.6 is 23.2 Å². The van der Waals surface area contributed by atoms with Crippen molar-refractivity contribution in [3.05, 3.63) is 51.8 Å². The third-order valence-electron chi connectivity index (χ3n) is 4.22. The van der Waals surface area contributed by atoms with Gasteiger partial charge in [0, 0.05) is 32.4 Å². The van der Waals surface area contributed by atoms with Crippen molar-refractivity contribution in [3.8, 4) is 0 Å². The first-order valence-electron chi connectivity index (χ1n) is 8.54. The SMILES string of the molecule is Cc1ccn(CC(=O)NC[C@H]2CN(Cc3ccc(Cl)c(Cl)c3)CCO2)n1. The topological polar surface area (TPSA) is 59.4 Å². The summed E-state index contributed by atoms with van der Waals surface area (Å²) in [5.74, 6) is -0.0710. The Labute approximate surface area is 163 Å². The normalized spacial score (nSPS) is 18.0. The lowest BCUT2D eigenvalue weighted by atomic mass is 10.2. The number of halogens is 2. The maximum Gasteiger partial charge on any atom is 0.241 e. The molecule has 1 atom stereocenters. The zero-order chi connectivity index (χ0) is 18.5. The molecule has 2 aromatic rings. The van der Waals surface area contributed by atoms with Gasteiger partial charge in [-0.25, -0.2) is 0 Å². The highest BCUT2D eigenvalue weighted by Crippen LogP contribution is 2.23. The number of carbonyl (C=O) groups is 1. The van der Waals surface area contributed by atoms with Crippen LogP contribution in [0.25, 0.3) is 0 Å². The number of benzene rings is 1. The molecule has 0 saturated carbocycles. The number of ether oxygens (including phenoxy) is 1. The molecule has 0 spiro atoms. The van der Waals surface area contributed by atoms with E-state index in [1.807, 2.05) is 31.2 Å². The number of amides is 1. The van der Waals surface area contributed by atoms with Crippen LogP contribution in [0, 0.1) is 6.92 Å². The summed E-state index contributed by atoms with van der Waals surface area (Å²) >= 11 is 12.0. The molecule has 1 aromatic carbocycles. The number of hydrogen-bond donors (Lipinski definition) is 1. The van der Waals surface area contributed by atoms with E-state index in [1.54, 1.807) is 10.9 Å². The van der Waals surface area contributed by atoms with Crippen molar-refractivity contribution >= 4 is 29.1 Å². The maximum absolute atomic E-state index is 12.0. The molecule has 140 valence electrons. The second-order valence-electron chi connectivity index (χ2n) is 6.44. The Hall–Kier alpha value is -1.60. The molecule has 8 heteroatoms. The van der Waals surface area contributed by atoms with Gasteiger partial charge in [-0.1, -0.05) is 29.3 Å². The van der Waals surface area contributed by atoms with E-state index >= 15 is 0 Å². The monoisotopic (exact) mass is 396 g/mol. The van der Waals surface area contributed by atoms with Crippen molar-refractivity contribution in [2.45, 2.75) is 26.1 Å². The Morgan fingerprint density at radius 2 is 2.19 bits per heavy atom. The van der Waals surface area contributed by atoms with Crippen LogP contribution in [0.15, 0.2) is 30.5 Å². The van der Waals surface area contributed by atoms with Crippen molar-refractivity contribution in [1.29, 1.82) is 0 Å². The molecule has 1 saturated heterocycles. The number of morpholine rings is 1. The minimum Gasteiger partial charge on any atom is -0.374 e. The smallest absolute Gasteiger partial charge is 0.241 e. The molecule has 6 nitrogen and oxygen atoms in total. The predicted molar refractivity (Wildman–Crippen MR) is 101 cm³/mol. The molecular weight excluding hydrogens is 375 g/mol. The zero-order valence-electron chi connectivity index (χ0n) is 14.6. The molecule has 2 heterocycles. The van der Waals surface area contributed by atoms with Crippen LogP contribution in [-0.2, 0) is 22.6 Å². The lowest BCUT2D eigenvalue weighted by Crippen LogP contribution is -2.47. The Morgan fingerprint density at radius 3 is 2.92 bits per heavy atom. The summed E-state index contributed by atoms with van der Waals surface area (Å²) in [5, 5.41) is 8.26. The first-order chi connectivity index (χ1) is 12.5. The maximum atomic E-state index is 12.0. The fraction of sp³-hybridized carbons (Fsp3) is 0.444. The number of aromatic nitrogens is 2. The van der Waals surface area contributed by atoms with Gasteiger partial charge in [0.1, 0.15) is 6.54 Å². The quantitative estimate of drug-likeness (QED) is 0.814. The van der Waals surface area contributed by atoms with Crippen LogP contribution in [0.3, 0.4) is 0 Å². The largest absolute Gasteiger partial charge is 0.374 e. The highest BCUT2D eigenvalue weighted by Gasteiger charge is 2.21. The standard InChI is InChI=1S/C18H22Cl2N4O2/c1-13-4-5-24(22-13)12-18(25)21-9-15-11-23(6-7-26-15)10-14-2-3-16(19)17(20)8-14/h2-5,8,15H,6-7,9-12H2,1H3,(H,21,25)/t15-/m0/s1.